The predicted octanol–water partition coefficient (Wildman–Crippen LogP) is 5.01. The van der Waals surface area contributed by atoms with Gasteiger partial charge in [-0.25, -0.2) is 8.78 Å². The third kappa shape index (κ3) is 5.85. The summed E-state index contributed by atoms with van der Waals surface area (Å²) < 4.78 is 65.5. The first-order chi connectivity index (χ1) is 12.8. The highest BCUT2D eigenvalue weighted by Crippen LogP contribution is 2.37. The van der Waals surface area contributed by atoms with Gasteiger partial charge in [0, 0.05) is 11.1 Å². The number of halogens is 4. The van der Waals surface area contributed by atoms with Crippen molar-refractivity contribution in [1.82, 2.24) is 0 Å². The van der Waals surface area contributed by atoms with E-state index in [1.807, 2.05) is 6.92 Å². The van der Waals surface area contributed by atoms with Crippen LogP contribution in [0.15, 0.2) is 48.5 Å². The zero-order valence-electron chi connectivity index (χ0n) is 14.9. The van der Waals surface area contributed by atoms with E-state index >= 15 is 0 Å². The lowest BCUT2D eigenvalue weighted by atomic mass is 10.0. The van der Waals surface area contributed by atoms with Crippen molar-refractivity contribution >= 4 is 0 Å². The molecule has 0 heterocycles. The summed E-state index contributed by atoms with van der Waals surface area (Å²) >= 11 is 0. The molecule has 0 aromatic heterocycles. The fourth-order valence-corrected chi connectivity index (χ4v) is 2.26. The van der Waals surface area contributed by atoms with Crippen LogP contribution in [0.3, 0.4) is 0 Å². The smallest absolute Gasteiger partial charge is 0.303 e. The highest BCUT2D eigenvalue weighted by Gasteiger charge is 2.34. The quantitative estimate of drug-likeness (QED) is 0.461. The normalized spacial score (nSPS) is 12.1. The van der Waals surface area contributed by atoms with E-state index in [2.05, 4.69) is 0 Å². The van der Waals surface area contributed by atoms with Crippen LogP contribution >= 0.6 is 0 Å². The number of alkyl halides is 4. The van der Waals surface area contributed by atoms with Crippen molar-refractivity contribution in [2.45, 2.75) is 31.6 Å². The molecule has 2 aromatic carbocycles. The topological polar surface area (TPSA) is 38.7 Å². The van der Waals surface area contributed by atoms with Crippen LogP contribution in [0.1, 0.15) is 30.9 Å². The SMILES string of the molecule is CCCCOc1ccc(C(F)(F)c2ccc(OCC(F)(F)CO)cc2)cc1. The predicted molar refractivity (Wildman–Crippen MR) is 93.8 cm³/mol. The molecule has 0 aliphatic rings. The third-order valence-corrected chi connectivity index (χ3v) is 3.88. The summed E-state index contributed by atoms with van der Waals surface area (Å²) in [5, 5.41) is 8.49. The van der Waals surface area contributed by atoms with Gasteiger partial charge in [-0.2, -0.15) is 8.78 Å². The van der Waals surface area contributed by atoms with Crippen LogP contribution < -0.4 is 9.47 Å². The van der Waals surface area contributed by atoms with E-state index in [0.717, 1.165) is 25.0 Å². The molecule has 0 unspecified atom stereocenters. The van der Waals surface area contributed by atoms with E-state index in [0.29, 0.717) is 12.4 Å². The van der Waals surface area contributed by atoms with Crippen LogP contribution in [0, 0.1) is 0 Å². The second kappa shape index (κ2) is 9.08. The van der Waals surface area contributed by atoms with Crippen LogP contribution in [0.4, 0.5) is 17.6 Å². The number of hydrogen-bond donors (Lipinski definition) is 1. The number of rotatable bonds is 10. The summed E-state index contributed by atoms with van der Waals surface area (Å²) in [4.78, 5) is 0. The van der Waals surface area contributed by atoms with Crippen LogP contribution in [-0.2, 0) is 5.92 Å². The molecule has 3 nitrogen and oxygen atoms in total. The molecular formula is C20H22F4O3. The third-order valence-electron chi connectivity index (χ3n) is 3.88. The maximum atomic E-state index is 14.7. The van der Waals surface area contributed by atoms with Crippen LogP contribution in [0.2, 0.25) is 0 Å². The summed E-state index contributed by atoms with van der Waals surface area (Å²) in [5.41, 5.74) is -0.491. The summed E-state index contributed by atoms with van der Waals surface area (Å²) in [5.74, 6) is -6.10. The second-order valence-electron chi connectivity index (χ2n) is 6.13. The van der Waals surface area contributed by atoms with E-state index in [9.17, 15) is 17.6 Å². The Kier molecular flexibility index (Phi) is 7.07. The minimum absolute atomic E-state index is 0.0161. The molecule has 2 rings (SSSR count). The standard InChI is InChI=1S/C20H22F4O3/c1-2-3-12-26-17-8-4-15(5-9-17)20(23,24)16-6-10-18(11-7-16)27-14-19(21,22)13-25/h4-11,25H,2-3,12-14H2,1H3. The molecule has 0 saturated heterocycles. The van der Waals surface area contributed by atoms with E-state index in [4.69, 9.17) is 14.6 Å². The number of unbranched alkanes of at least 4 members (excludes halogenated alkanes) is 1. The Labute approximate surface area is 155 Å². The fourth-order valence-electron chi connectivity index (χ4n) is 2.26. The van der Waals surface area contributed by atoms with Gasteiger partial charge in [-0.1, -0.05) is 13.3 Å². The van der Waals surface area contributed by atoms with Gasteiger partial charge in [0.2, 0.25) is 0 Å². The van der Waals surface area contributed by atoms with E-state index in [1.54, 1.807) is 0 Å². The summed E-state index contributed by atoms with van der Waals surface area (Å²) in [6.45, 7) is 0.185. The number of ether oxygens (including phenoxy) is 2. The Bertz CT molecular complexity index is 700. The lowest BCUT2D eigenvalue weighted by molar-refractivity contribution is -0.0801. The summed E-state index contributed by atoms with van der Waals surface area (Å²) in [7, 11) is 0. The molecule has 0 amide bonds. The van der Waals surface area contributed by atoms with Crippen molar-refractivity contribution < 1.29 is 32.1 Å². The molecule has 148 valence electrons. The van der Waals surface area contributed by atoms with E-state index < -0.39 is 25.1 Å². The first-order valence-electron chi connectivity index (χ1n) is 8.61. The Hall–Kier alpha value is -2.28. The van der Waals surface area contributed by atoms with E-state index in [1.165, 1.54) is 36.4 Å². The molecule has 0 bridgehead atoms. The number of hydrogen-bond acceptors (Lipinski definition) is 3. The Morgan fingerprint density at radius 1 is 0.815 bits per heavy atom. The summed E-state index contributed by atoms with van der Waals surface area (Å²) in [6, 6.07) is 10.2. The maximum Gasteiger partial charge on any atom is 0.303 e. The van der Waals surface area contributed by atoms with Crippen LogP contribution in [0.5, 0.6) is 11.5 Å². The van der Waals surface area contributed by atoms with Gasteiger partial charge in [0.05, 0.1) is 6.61 Å². The van der Waals surface area contributed by atoms with Gasteiger partial charge in [0.1, 0.15) is 18.1 Å². The lowest BCUT2D eigenvalue weighted by Crippen LogP contribution is -2.29. The highest BCUT2D eigenvalue weighted by atomic mass is 19.3. The van der Waals surface area contributed by atoms with Gasteiger partial charge in [-0.05, 0) is 55.0 Å². The summed E-state index contributed by atoms with van der Waals surface area (Å²) in [6.07, 6.45) is 1.87. The molecule has 0 aliphatic heterocycles. The molecule has 27 heavy (non-hydrogen) atoms. The minimum atomic E-state index is -3.39. The maximum absolute atomic E-state index is 14.7. The van der Waals surface area contributed by atoms with Gasteiger partial charge in [0.15, 0.2) is 6.61 Å². The zero-order chi connectivity index (χ0) is 19.9. The van der Waals surface area contributed by atoms with Crippen molar-refractivity contribution in [2.24, 2.45) is 0 Å². The van der Waals surface area contributed by atoms with Crippen molar-refractivity contribution in [3.8, 4) is 11.5 Å². The monoisotopic (exact) mass is 386 g/mol. The lowest BCUT2D eigenvalue weighted by Gasteiger charge is -2.19. The molecule has 0 aliphatic carbocycles. The molecule has 7 heteroatoms. The Balaban J connectivity index is 2.05. The molecule has 0 fully saturated rings. The Morgan fingerprint density at radius 3 is 1.74 bits per heavy atom. The number of aliphatic hydroxyl groups is 1. The van der Waals surface area contributed by atoms with Crippen molar-refractivity contribution in [1.29, 1.82) is 0 Å². The average Bonchev–Trinajstić information content (AvgIpc) is 2.67. The molecule has 2 aromatic rings. The van der Waals surface area contributed by atoms with Crippen LogP contribution in [-0.4, -0.2) is 30.8 Å². The van der Waals surface area contributed by atoms with Gasteiger partial charge in [0.25, 0.3) is 5.92 Å². The number of aliphatic hydroxyl groups excluding tert-OH is 1. The van der Waals surface area contributed by atoms with Crippen LogP contribution in [0.25, 0.3) is 0 Å². The van der Waals surface area contributed by atoms with Crippen molar-refractivity contribution in [3.05, 3.63) is 59.7 Å². The molecule has 0 saturated carbocycles. The molecule has 1 N–H and O–H groups in total. The van der Waals surface area contributed by atoms with Gasteiger partial charge in [-0.3, -0.25) is 0 Å². The first kappa shape index (κ1) is 21.0. The van der Waals surface area contributed by atoms with Gasteiger partial charge in [-0.15, -0.1) is 0 Å². The van der Waals surface area contributed by atoms with Crippen molar-refractivity contribution in [3.63, 3.8) is 0 Å². The molecule has 0 radical (unpaired) electrons. The first-order valence-corrected chi connectivity index (χ1v) is 8.61. The Morgan fingerprint density at radius 2 is 1.30 bits per heavy atom. The van der Waals surface area contributed by atoms with Gasteiger partial charge < -0.3 is 14.6 Å². The largest absolute Gasteiger partial charge is 0.494 e. The highest BCUT2D eigenvalue weighted by molar-refractivity contribution is 5.38. The average molecular weight is 386 g/mol. The van der Waals surface area contributed by atoms with E-state index in [-0.39, 0.29) is 16.9 Å². The number of benzene rings is 2. The minimum Gasteiger partial charge on any atom is -0.494 e. The fraction of sp³-hybridized carbons (Fsp3) is 0.400. The molecular weight excluding hydrogens is 364 g/mol. The second-order valence-corrected chi connectivity index (χ2v) is 6.13. The zero-order valence-corrected chi connectivity index (χ0v) is 14.9. The van der Waals surface area contributed by atoms with Crippen molar-refractivity contribution in [2.75, 3.05) is 19.8 Å². The molecule has 0 atom stereocenters. The molecule has 0 spiro atoms. The van der Waals surface area contributed by atoms with Gasteiger partial charge >= 0.3 is 5.92 Å².